The number of hydrogen-bond donors (Lipinski definition) is 1. The molecule has 0 fully saturated rings. The number of hydrogen-bond acceptors (Lipinski definition) is 2. The van der Waals surface area contributed by atoms with Crippen LogP contribution in [0.1, 0.15) is 25.8 Å². The predicted molar refractivity (Wildman–Crippen MR) is 76.7 cm³/mol. The van der Waals surface area contributed by atoms with Crippen molar-refractivity contribution in [2.24, 2.45) is 5.92 Å². The van der Waals surface area contributed by atoms with Gasteiger partial charge in [-0.05, 0) is 43.6 Å². The van der Waals surface area contributed by atoms with E-state index in [4.69, 9.17) is 28.9 Å². The molecular weight excluding hydrogens is 255 g/mol. The lowest BCUT2D eigenvalue weighted by molar-refractivity contribution is 0.303. The quantitative estimate of drug-likeness (QED) is 0.821. The second-order valence-corrected chi connectivity index (χ2v) is 5.71. The van der Waals surface area contributed by atoms with Gasteiger partial charge in [-0.1, -0.05) is 37.0 Å². The van der Waals surface area contributed by atoms with Crippen molar-refractivity contribution < 1.29 is 0 Å². The van der Waals surface area contributed by atoms with Gasteiger partial charge in [0.15, 0.2) is 0 Å². The summed E-state index contributed by atoms with van der Waals surface area (Å²) in [5, 5.41) is 1.06. The molecule has 1 rings (SSSR count). The minimum absolute atomic E-state index is 0.460. The molecule has 0 unspecified atom stereocenters. The summed E-state index contributed by atoms with van der Waals surface area (Å²) in [4.78, 5) is 2.26. The number of nitrogens with two attached hydrogens (primary N) is 1. The Morgan fingerprint density at radius 1 is 1.24 bits per heavy atom. The summed E-state index contributed by atoms with van der Waals surface area (Å²) in [7, 11) is 2.10. The third-order valence-corrected chi connectivity index (χ3v) is 3.30. The summed E-state index contributed by atoms with van der Waals surface area (Å²) in [6, 6.07) is 3.77. The Bertz CT molecular complexity index is 355. The molecule has 2 nitrogen and oxygen atoms in total. The van der Waals surface area contributed by atoms with Crippen LogP contribution in [0, 0.1) is 5.92 Å². The average Bonchev–Trinajstić information content (AvgIpc) is 2.23. The van der Waals surface area contributed by atoms with Gasteiger partial charge in [-0.3, -0.25) is 0 Å². The fourth-order valence-corrected chi connectivity index (χ4v) is 2.13. The fourth-order valence-electron chi connectivity index (χ4n) is 1.60. The molecule has 2 N–H and O–H groups in total. The van der Waals surface area contributed by atoms with Gasteiger partial charge in [0.1, 0.15) is 0 Å². The van der Waals surface area contributed by atoms with Crippen LogP contribution in [0.4, 0.5) is 5.69 Å². The molecule has 0 bridgehead atoms. The number of nitrogen functional groups attached to an aromatic ring is 1. The molecule has 0 radical (unpaired) electrons. The Morgan fingerprint density at radius 3 is 2.24 bits per heavy atom. The van der Waals surface area contributed by atoms with Crippen LogP contribution in [0.15, 0.2) is 12.1 Å². The monoisotopic (exact) mass is 274 g/mol. The Labute approximate surface area is 114 Å². The second-order valence-electron chi connectivity index (χ2n) is 4.89. The molecule has 1 aromatic rings. The zero-order valence-electron chi connectivity index (χ0n) is 10.6. The first-order valence-corrected chi connectivity index (χ1v) is 6.57. The SMILES string of the molecule is CC(C)CCN(C)Cc1cc(Cl)c(N)c(Cl)c1. The van der Waals surface area contributed by atoms with E-state index in [0.717, 1.165) is 24.6 Å². The van der Waals surface area contributed by atoms with Crippen LogP contribution in [0.3, 0.4) is 0 Å². The van der Waals surface area contributed by atoms with Gasteiger partial charge in [0.05, 0.1) is 15.7 Å². The minimum Gasteiger partial charge on any atom is -0.396 e. The maximum Gasteiger partial charge on any atom is 0.0693 e. The molecule has 0 heterocycles. The first kappa shape index (κ1) is 14.6. The molecule has 1 aromatic carbocycles. The average molecular weight is 275 g/mol. The molecule has 0 atom stereocenters. The molecule has 0 spiro atoms. The highest BCUT2D eigenvalue weighted by atomic mass is 35.5. The predicted octanol–water partition coefficient (Wildman–Crippen LogP) is 4.05. The first-order chi connectivity index (χ1) is 7.90. The van der Waals surface area contributed by atoms with Crippen molar-refractivity contribution in [3.8, 4) is 0 Å². The van der Waals surface area contributed by atoms with Crippen molar-refractivity contribution in [2.75, 3.05) is 19.3 Å². The Kier molecular flexibility index (Phi) is 5.57. The van der Waals surface area contributed by atoms with Crippen molar-refractivity contribution >= 4 is 28.9 Å². The van der Waals surface area contributed by atoms with Gasteiger partial charge in [-0.15, -0.1) is 0 Å². The Morgan fingerprint density at radius 2 is 1.76 bits per heavy atom. The van der Waals surface area contributed by atoms with E-state index >= 15 is 0 Å². The van der Waals surface area contributed by atoms with Gasteiger partial charge >= 0.3 is 0 Å². The number of benzene rings is 1. The maximum absolute atomic E-state index is 6.00. The lowest BCUT2D eigenvalue weighted by atomic mass is 10.1. The molecule has 96 valence electrons. The van der Waals surface area contributed by atoms with Crippen molar-refractivity contribution in [3.63, 3.8) is 0 Å². The van der Waals surface area contributed by atoms with E-state index in [1.165, 1.54) is 6.42 Å². The topological polar surface area (TPSA) is 29.3 Å². The van der Waals surface area contributed by atoms with Crippen LogP contribution in [0.5, 0.6) is 0 Å². The summed E-state index contributed by atoms with van der Waals surface area (Å²) >= 11 is 12.0. The van der Waals surface area contributed by atoms with E-state index < -0.39 is 0 Å². The van der Waals surface area contributed by atoms with Gasteiger partial charge in [0, 0.05) is 6.54 Å². The molecular formula is C13H20Cl2N2. The zero-order chi connectivity index (χ0) is 13.0. The van der Waals surface area contributed by atoms with Gasteiger partial charge < -0.3 is 10.6 Å². The molecule has 0 aliphatic rings. The highest BCUT2D eigenvalue weighted by molar-refractivity contribution is 6.38. The summed E-state index contributed by atoms with van der Waals surface area (Å²) < 4.78 is 0. The maximum atomic E-state index is 6.00. The minimum atomic E-state index is 0.460. The molecule has 0 saturated carbocycles. The van der Waals surface area contributed by atoms with Crippen LogP contribution < -0.4 is 5.73 Å². The van der Waals surface area contributed by atoms with Gasteiger partial charge in [-0.25, -0.2) is 0 Å². The fraction of sp³-hybridized carbons (Fsp3) is 0.538. The Balaban J connectivity index is 2.62. The van der Waals surface area contributed by atoms with E-state index in [9.17, 15) is 0 Å². The van der Waals surface area contributed by atoms with Gasteiger partial charge in [0.2, 0.25) is 0 Å². The van der Waals surface area contributed by atoms with E-state index in [1.54, 1.807) is 0 Å². The summed E-state index contributed by atoms with van der Waals surface area (Å²) in [6.07, 6.45) is 1.19. The molecule has 0 aromatic heterocycles. The van der Waals surface area contributed by atoms with Crippen molar-refractivity contribution in [1.82, 2.24) is 4.90 Å². The number of halogens is 2. The lowest BCUT2D eigenvalue weighted by Gasteiger charge is -2.18. The van der Waals surface area contributed by atoms with Gasteiger partial charge in [0.25, 0.3) is 0 Å². The summed E-state index contributed by atoms with van der Waals surface area (Å²) in [6.45, 7) is 6.36. The smallest absolute Gasteiger partial charge is 0.0693 e. The molecule has 0 amide bonds. The van der Waals surface area contributed by atoms with Gasteiger partial charge in [-0.2, -0.15) is 0 Å². The van der Waals surface area contributed by atoms with Crippen molar-refractivity contribution in [2.45, 2.75) is 26.8 Å². The van der Waals surface area contributed by atoms with Crippen LogP contribution >= 0.6 is 23.2 Å². The van der Waals surface area contributed by atoms with E-state index in [2.05, 4.69) is 25.8 Å². The summed E-state index contributed by atoms with van der Waals surface area (Å²) in [5.74, 6) is 0.719. The molecule has 0 aliphatic carbocycles. The normalized spacial score (nSPS) is 11.5. The van der Waals surface area contributed by atoms with Crippen LogP contribution in [0.2, 0.25) is 10.0 Å². The highest BCUT2D eigenvalue weighted by Crippen LogP contribution is 2.29. The number of nitrogens with zero attached hydrogens (tertiary/aromatic N) is 1. The van der Waals surface area contributed by atoms with Crippen molar-refractivity contribution in [1.29, 1.82) is 0 Å². The third-order valence-electron chi connectivity index (χ3n) is 2.68. The second kappa shape index (κ2) is 6.48. The van der Waals surface area contributed by atoms with E-state index in [0.29, 0.717) is 15.7 Å². The van der Waals surface area contributed by atoms with E-state index in [1.807, 2.05) is 12.1 Å². The largest absolute Gasteiger partial charge is 0.396 e. The summed E-state index contributed by atoms with van der Waals surface area (Å²) in [5.41, 5.74) is 7.26. The third kappa shape index (κ3) is 4.74. The van der Waals surface area contributed by atoms with Crippen LogP contribution in [0.25, 0.3) is 0 Å². The highest BCUT2D eigenvalue weighted by Gasteiger charge is 2.07. The first-order valence-electron chi connectivity index (χ1n) is 5.82. The number of rotatable bonds is 5. The molecule has 0 saturated heterocycles. The Hall–Kier alpha value is -0.440. The number of anilines is 1. The molecule has 0 aliphatic heterocycles. The lowest BCUT2D eigenvalue weighted by Crippen LogP contribution is -2.20. The zero-order valence-corrected chi connectivity index (χ0v) is 12.1. The van der Waals surface area contributed by atoms with E-state index in [-0.39, 0.29) is 0 Å². The molecule has 4 heteroatoms. The van der Waals surface area contributed by atoms with Crippen molar-refractivity contribution in [3.05, 3.63) is 27.7 Å². The standard InChI is InChI=1S/C13H20Cl2N2/c1-9(2)4-5-17(3)8-10-6-11(14)13(16)12(15)7-10/h6-7,9H,4-5,8,16H2,1-3H3. The van der Waals surface area contributed by atoms with Crippen LogP contribution in [-0.2, 0) is 6.54 Å². The van der Waals surface area contributed by atoms with Crippen LogP contribution in [-0.4, -0.2) is 18.5 Å². The molecule has 17 heavy (non-hydrogen) atoms.